The zero-order valence-corrected chi connectivity index (χ0v) is 39.7. The summed E-state index contributed by atoms with van der Waals surface area (Å²) in [6.45, 7) is 4.99. The monoisotopic (exact) mass is 846 g/mol. The van der Waals surface area contributed by atoms with Crippen LogP contribution in [0.4, 0.5) is 0 Å². The molecule has 0 fully saturated rings. The molecule has 0 aromatic rings. The van der Waals surface area contributed by atoms with Gasteiger partial charge in [-0.05, 0) is 12.8 Å². The van der Waals surface area contributed by atoms with Crippen LogP contribution in [0.2, 0.25) is 0 Å². The molecule has 0 aliphatic heterocycles. The molecule has 0 aliphatic rings. The van der Waals surface area contributed by atoms with Crippen LogP contribution in [-0.2, 0) is 27.9 Å². The molecule has 1 unspecified atom stereocenters. The van der Waals surface area contributed by atoms with Gasteiger partial charge in [0.2, 0.25) is 0 Å². The second-order valence-corrected chi connectivity index (χ2v) is 18.9. The summed E-state index contributed by atoms with van der Waals surface area (Å²) in [4.78, 5) is 22.5. The van der Waals surface area contributed by atoms with Crippen LogP contribution < -0.4 is 5.73 Å². The van der Waals surface area contributed by atoms with E-state index in [1.54, 1.807) is 0 Å². The Morgan fingerprint density at radius 3 is 1.09 bits per heavy atom. The molecule has 2 atom stereocenters. The number of nitrogens with two attached hydrogens (primary N) is 1. The molecule has 0 saturated carbocycles. The molecule has 0 aliphatic carbocycles. The fourth-order valence-corrected chi connectivity index (χ4v) is 8.53. The predicted octanol–water partition coefficient (Wildman–Crippen LogP) is 15.7. The smallest absolute Gasteiger partial charge is 0.457 e. The van der Waals surface area contributed by atoms with E-state index >= 15 is 0 Å². The van der Waals surface area contributed by atoms with E-state index in [1.807, 2.05) is 0 Å². The molecule has 0 rings (SSSR count). The average molecular weight is 846 g/mol. The molecular weight excluding hydrogens is 746 g/mol. The Morgan fingerprint density at radius 1 is 0.448 bits per heavy atom. The Bertz CT molecular complexity index is 863. The van der Waals surface area contributed by atoms with Gasteiger partial charge in [-0.15, -0.1) is 0 Å². The minimum Gasteiger partial charge on any atom is -0.457 e. The van der Waals surface area contributed by atoms with Crippen molar-refractivity contribution < 1.29 is 32.8 Å². The fourth-order valence-electron chi connectivity index (χ4n) is 7.77. The Balaban J connectivity index is 3.78. The molecule has 0 amide bonds. The van der Waals surface area contributed by atoms with Gasteiger partial charge in [-0.1, -0.05) is 251 Å². The molecule has 58 heavy (non-hydrogen) atoms. The molecule has 0 bridgehead atoms. The lowest BCUT2D eigenvalue weighted by atomic mass is 10.0. The molecule has 0 heterocycles. The van der Waals surface area contributed by atoms with Crippen LogP contribution in [0.15, 0.2) is 0 Å². The van der Waals surface area contributed by atoms with Crippen LogP contribution in [-0.4, -0.2) is 49.9 Å². The summed E-state index contributed by atoms with van der Waals surface area (Å²) in [5.74, 6) is -0.321. The zero-order valence-electron chi connectivity index (χ0n) is 38.8. The highest BCUT2D eigenvalue weighted by Gasteiger charge is 2.25. The minimum atomic E-state index is -4.27. The van der Waals surface area contributed by atoms with Gasteiger partial charge in [-0.25, -0.2) is 4.57 Å². The van der Waals surface area contributed by atoms with E-state index in [2.05, 4.69) is 13.8 Å². The van der Waals surface area contributed by atoms with Crippen molar-refractivity contribution in [3.8, 4) is 0 Å². The first-order valence-electron chi connectivity index (χ1n) is 25.5. The van der Waals surface area contributed by atoms with Crippen molar-refractivity contribution in [1.29, 1.82) is 0 Å². The second kappa shape index (κ2) is 47.5. The lowest BCUT2D eigenvalue weighted by Gasteiger charge is -2.20. The summed E-state index contributed by atoms with van der Waals surface area (Å²) in [5.41, 5.74) is 5.38. The van der Waals surface area contributed by atoms with Crippen LogP contribution in [0.25, 0.3) is 0 Å². The van der Waals surface area contributed by atoms with Gasteiger partial charge in [-0.2, -0.15) is 0 Å². The first kappa shape index (κ1) is 57.5. The number of esters is 1. The van der Waals surface area contributed by atoms with Crippen molar-refractivity contribution in [2.24, 2.45) is 5.73 Å². The molecular formula is C49H100NO7P. The highest BCUT2D eigenvalue weighted by molar-refractivity contribution is 7.47. The maximum absolute atomic E-state index is 12.6. The van der Waals surface area contributed by atoms with Crippen molar-refractivity contribution in [2.75, 3.05) is 33.0 Å². The minimum absolute atomic E-state index is 0.0900. The van der Waals surface area contributed by atoms with Crippen LogP contribution >= 0.6 is 7.82 Å². The van der Waals surface area contributed by atoms with Gasteiger partial charge in [-0.3, -0.25) is 13.8 Å². The first-order chi connectivity index (χ1) is 28.4. The number of unbranched alkanes of at least 4 members (excludes halogenated alkanes) is 37. The van der Waals surface area contributed by atoms with Gasteiger partial charge in [0.15, 0.2) is 0 Å². The summed E-state index contributed by atoms with van der Waals surface area (Å²) in [5, 5.41) is 0. The highest BCUT2D eigenvalue weighted by atomic mass is 31.2. The Morgan fingerprint density at radius 2 is 0.759 bits per heavy atom. The topological polar surface area (TPSA) is 117 Å². The van der Waals surface area contributed by atoms with Crippen LogP contribution in [0.3, 0.4) is 0 Å². The Kier molecular flexibility index (Phi) is 47.1. The second-order valence-electron chi connectivity index (χ2n) is 17.4. The maximum atomic E-state index is 12.6. The molecule has 0 aromatic carbocycles. The predicted molar refractivity (Wildman–Crippen MR) is 248 cm³/mol. The number of hydrogen-bond acceptors (Lipinski definition) is 7. The molecule has 0 radical (unpaired) electrons. The van der Waals surface area contributed by atoms with Gasteiger partial charge in [0.1, 0.15) is 6.10 Å². The first-order valence-corrected chi connectivity index (χ1v) is 27.0. The van der Waals surface area contributed by atoms with Gasteiger partial charge in [0, 0.05) is 19.6 Å². The van der Waals surface area contributed by atoms with E-state index in [9.17, 15) is 14.3 Å². The number of carbonyl (C=O) groups excluding carboxylic acids is 1. The summed E-state index contributed by atoms with van der Waals surface area (Å²) in [6, 6.07) is 0. The number of hydrogen-bond donors (Lipinski definition) is 2. The van der Waals surface area contributed by atoms with Crippen molar-refractivity contribution in [3.63, 3.8) is 0 Å². The van der Waals surface area contributed by atoms with Crippen LogP contribution in [0, 0.1) is 0 Å². The van der Waals surface area contributed by atoms with Gasteiger partial charge >= 0.3 is 13.8 Å². The lowest BCUT2D eigenvalue weighted by Crippen LogP contribution is -2.28. The van der Waals surface area contributed by atoms with Gasteiger partial charge in [0.25, 0.3) is 0 Å². The number of phosphoric acid groups is 1. The van der Waals surface area contributed by atoms with Gasteiger partial charge < -0.3 is 20.1 Å². The summed E-state index contributed by atoms with van der Waals surface area (Å²) < 4.78 is 33.5. The highest BCUT2D eigenvalue weighted by Crippen LogP contribution is 2.43. The van der Waals surface area contributed by atoms with Gasteiger partial charge in [0.05, 0.1) is 19.8 Å². The van der Waals surface area contributed by atoms with Crippen molar-refractivity contribution in [1.82, 2.24) is 0 Å². The standard InChI is InChI=1S/C49H100NO7P/c1-3-5-7-9-11-13-15-17-18-19-20-21-22-23-24-25-26-27-28-29-30-31-32-34-36-38-40-42-49(51)57-48(47-56-58(52,53)55-45-43-50)46-54-44-41-39-37-35-33-16-14-12-10-8-6-4-2/h48H,3-47,50H2,1-2H3,(H,52,53)/t48-/m1/s1. The summed E-state index contributed by atoms with van der Waals surface area (Å²) in [7, 11) is -4.27. The molecule has 348 valence electrons. The largest absolute Gasteiger partial charge is 0.472 e. The number of phosphoric ester groups is 1. The molecule has 9 heteroatoms. The third kappa shape index (κ3) is 46.6. The molecule has 0 saturated heterocycles. The Hall–Kier alpha value is -0.500. The maximum Gasteiger partial charge on any atom is 0.472 e. The number of carbonyl (C=O) groups is 1. The normalized spacial score (nSPS) is 13.2. The van der Waals surface area contributed by atoms with E-state index < -0.39 is 13.9 Å². The van der Waals surface area contributed by atoms with E-state index in [0.717, 1.165) is 32.1 Å². The number of ether oxygens (including phenoxy) is 2. The molecule has 3 N–H and O–H groups in total. The van der Waals surface area contributed by atoms with Crippen molar-refractivity contribution >= 4 is 13.8 Å². The van der Waals surface area contributed by atoms with E-state index in [4.69, 9.17) is 24.3 Å². The zero-order chi connectivity index (χ0) is 42.3. The molecule has 8 nitrogen and oxygen atoms in total. The quantitative estimate of drug-likeness (QED) is 0.0353. The van der Waals surface area contributed by atoms with E-state index in [-0.39, 0.29) is 32.3 Å². The number of rotatable bonds is 50. The SMILES string of the molecule is CCCCCCCCCCCCCCCCCCCCCCCCCCCCCC(=O)O[C@H](COCCCCCCCCCCCCCC)COP(=O)(O)OCCN. The fraction of sp³-hybridized carbons (Fsp3) is 0.980. The summed E-state index contributed by atoms with van der Waals surface area (Å²) >= 11 is 0. The van der Waals surface area contributed by atoms with E-state index in [1.165, 1.54) is 218 Å². The lowest BCUT2D eigenvalue weighted by molar-refractivity contribution is -0.154. The van der Waals surface area contributed by atoms with E-state index in [0.29, 0.717) is 13.0 Å². The average Bonchev–Trinajstić information content (AvgIpc) is 3.21. The summed E-state index contributed by atoms with van der Waals surface area (Å²) in [6.07, 6.45) is 51.5. The Labute approximate surface area is 361 Å². The molecule has 0 aromatic heterocycles. The molecule has 0 spiro atoms. The third-order valence-electron chi connectivity index (χ3n) is 11.5. The van der Waals surface area contributed by atoms with Crippen molar-refractivity contribution in [3.05, 3.63) is 0 Å². The van der Waals surface area contributed by atoms with Crippen LogP contribution in [0.5, 0.6) is 0 Å². The third-order valence-corrected chi connectivity index (χ3v) is 12.5. The van der Waals surface area contributed by atoms with Crippen LogP contribution in [0.1, 0.15) is 271 Å². The van der Waals surface area contributed by atoms with Crippen molar-refractivity contribution in [2.45, 2.75) is 277 Å².